The number of aromatic nitrogens is 4. The van der Waals surface area contributed by atoms with E-state index in [1.54, 1.807) is 4.90 Å². The Bertz CT molecular complexity index is 891. The van der Waals surface area contributed by atoms with Crippen LogP contribution >= 0.6 is 0 Å². The third kappa shape index (κ3) is 4.03. The molecule has 1 aliphatic heterocycles. The number of rotatable bonds is 6. The summed E-state index contributed by atoms with van der Waals surface area (Å²) in [4.78, 5) is 9.78. The Hall–Kier alpha value is -2.56. The van der Waals surface area contributed by atoms with Crippen LogP contribution in [0.15, 0.2) is 6.20 Å². The van der Waals surface area contributed by atoms with Crippen molar-refractivity contribution in [3.05, 3.63) is 17.5 Å². The van der Waals surface area contributed by atoms with Gasteiger partial charge >= 0.3 is 6.18 Å². The lowest BCUT2D eigenvalue weighted by Gasteiger charge is -2.30. The van der Waals surface area contributed by atoms with Gasteiger partial charge < -0.3 is 19.7 Å². The molecule has 8 nitrogen and oxygen atoms in total. The molecule has 3 heterocycles. The van der Waals surface area contributed by atoms with Crippen molar-refractivity contribution in [2.75, 3.05) is 43.1 Å². The number of hydrogen-bond acceptors (Lipinski definition) is 7. The summed E-state index contributed by atoms with van der Waals surface area (Å²) in [5, 5.41) is 7.67. The molecule has 2 aromatic heterocycles. The maximum atomic E-state index is 13.6. The first-order chi connectivity index (χ1) is 14.4. The number of halogens is 3. The van der Waals surface area contributed by atoms with Gasteiger partial charge in [0, 0.05) is 19.3 Å². The Labute approximate surface area is 172 Å². The summed E-state index contributed by atoms with van der Waals surface area (Å²) in [6.07, 6.45) is -0.613. The van der Waals surface area contributed by atoms with E-state index in [0.29, 0.717) is 50.2 Å². The van der Waals surface area contributed by atoms with E-state index in [9.17, 15) is 13.2 Å². The van der Waals surface area contributed by atoms with Gasteiger partial charge in [-0.3, -0.25) is 0 Å². The van der Waals surface area contributed by atoms with Crippen molar-refractivity contribution in [1.82, 2.24) is 19.7 Å². The molecule has 0 unspecified atom stereocenters. The van der Waals surface area contributed by atoms with Crippen molar-refractivity contribution >= 4 is 17.6 Å². The molecule has 164 valence electrons. The van der Waals surface area contributed by atoms with E-state index in [2.05, 4.69) is 20.4 Å². The van der Waals surface area contributed by atoms with Gasteiger partial charge in [0.2, 0.25) is 5.95 Å². The molecule has 4 rings (SSSR count). The first kappa shape index (κ1) is 20.7. The van der Waals surface area contributed by atoms with Crippen LogP contribution in [0, 0.1) is 6.92 Å². The summed E-state index contributed by atoms with van der Waals surface area (Å²) >= 11 is 0. The van der Waals surface area contributed by atoms with Crippen molar-refractivity contribution in [3.63, 3.8) is 0 Å². The van der Waals surface area contributed by atoms with E-state index in [4.69, 9.17) is 9.47 Å². The van der Waals surface area contributed by atoms with Gasteiger partial charge in [0.1, 0.15) is 17.1 Å². The lowest BCUT2D eigenvalue weighted by atomic mass is 9.93. The molecule has 1 N–H and O–H groups in total. The van der Waals surface area contributed by atoms with Gasteiger partial charge in [-0.05, 0) is 33.1 Å². The largest absolute Gasteiger partial charge is 0.488 e. The molecule has 1 saturated heterocycles. The third-order valence-corrected chi connectivity index (χ3v) is 5.35. The average Bonchev–Trinajstić information content (AvgIpc) is 2.96. The minimum Gasteiger partial charge on any atom is -0.488 e. The van der Waals surface area contributed by atoms with Gasteiger partial charge in [0.05, 0.1) is 25.9 Å². The maximum absolute atomic E-state index is 13.6. The summed E-state index contributed by atoms with van der Waals surface area (Å²) in [6.45, 7) is 5.54. The third-order valence-electron chi connectivity index (χ3n) is 5.35. The van der Waals surface area contributed by atoms with E-state index < -0.39 is 11.7 Å². The van der Waals surface area contributed by atoms with Crippen LogP contribution in [0.4, 0.5) is 30.8 Å². The first-order valence-corrected chi connectivity index (χ1v) is 10.1. The molecular weight excluding hydrogens is 401 g/mol. The highest BCUT2D eigenvalue weighted by atomic mass is 19.4. The molecule has 0 amide bonds. The van der Waals surface area contributed by atoms with E-state index in [1.807, 2.05) is 18.5 Å². The average molecular weight is 426 g/mol. The fourth-order valence-electron chi connectivity index (χ4n) is 3.61. The Kier molecular flexibility index (Phi) is 5.72. The van der Waals surface area contributed by atoms with Crippen LogP contribution in [-0.4, -0.2) is 52.7 Å². The van der Waals surface area contributed by atoms with Crippen molar-refractivity contribution in [2.24, 2.45) is 0 Å². The molecule has 1 saturated carbocycles. The van der Waals surface area contributed by atoms with Gasteiger partial charge in [0.15, 0.2) is 11.6 Å². The second-order valence-corrected chi connectivity index (χ2v) is 7.38. The second-order valence-electron chi connectivity index (χ2n) is 7.38. The van der Waals surface area contributed by atoms with Crippen LogP contribution in [0.3, 0.4) is 0 Å². The lowest BCUT2D eigenvalue weighted by molar-refractivity contribution is -0.137. The topological polar surface area (TPSA) is 77.3 Å². The van der Waals surface area contributed by atoms with Crippen LogP contribution in [-0.2, 0) is 10.9 Å². The summed E-state index contributed by atoms with van der Waals surface area (Å²) in [7, 11) is 0. The molecule has 11 heteroatoms. The highest BCUT2D eigenvalue weighted by Gasteiger charge is 2.37. The fraction of sp³-hybridized carbons (Fsp3) is 0.632. The Balaban J connectivity index is 1.71. The zero-order chi connectivity index (χ0) is 21.3. The van der Waals surface area contributed by atoms with Gasteiger partial charge in [-0.1, -0.05) is 0 Å². The predicted octanol–water partition coefficient (Wildman–Crippen LogP) is 3.70. The number of ether oxygens (including phenoxy) is 2. The van der Waals surface area contributed by atoms with Crippen LogP contribution in [0.5, 0.6) is 5.75 Å². The van der Waals surface area contributed by atoms with Gasteiger partial charge in [-0.2, -0.15) is 23.3 Å². The van der Waals surface area contributed by atoms with Crippen molar-refractivity contribution < 1.29 is 22.6 Å². The van der Waals surface area contributed by atoms with Gasteiger partial charge in [0.25, 0.3) is 0 Å². The molecule has 0 radical (unpaired) electrons. The smallest absolute Gasteiger partial charge is 0.421 e. The lowest BCUT2D eigenvalue weighted by Crippen LogP contribution is -2.38. The van der Waals surface area contributed by atoms with Crippen molar-refractivity contribution in [1.29, 1.82) is 0 Å². The summed E-state index contributed by atoms with van der Waals surface area (Å²) < 4.78 is 53.6. The SMILES string of the molecule is CCOc1c(C)nn(C2CCC2)c1Nc1ncc(C(F)(F)F)c(N2CCOCC2)n1. The van der Waals surface area contributed by atoms with Crippen LogP contribution in [0.1, 0.15) is 43.5 Å². The number of hydrogen-bond donors (Lipinski definition) is 1. The van der Waals surface area contributed by atoms with Gasteiger partial charge in [-0.15, -0.1) is 0 Å². The molecule has 0 atom stereocenters. The molecular formula is C19H25F3N6O2. The number of anilines is 3. The first-order valence-electron chi connectivity index (χ1n) is 10.1. The zero-order valence-electron chi connectivity index (χ0n) is 17.0. The molecule has 0 spiro atoms. The van der Waals surface area contributed by atoms with E-state index >= 15 is 0 Å². The quantitative estimate of drug-likeness (QED) is 0.755. The molecule has 0 aromatic carbocycles. The molecule has 1 aliphatic carbocycles. The highest BCUT2D eigenvalue weighted by Crippen LogP contribution is 2.40. The number of nitrogens with zero attached hydrogens (tertiary/aromatic N) is 5. The van der Waals surface area contributed by atoms with E-state index in [1.165, 1.54) is 0 Å². The van der Waals surface area contributed by atoms with Crippen molar-refractivity contribution in [3.8, 4) is 5.75 Å². The predicted molar refractivity (Wildman–Crippen MR) is 104 cm³/mol. The monoisotopic (exact) mass is 426 g/mol. The molecule has 2 aromatic rings. The normalized spacial score (nSPS) is 17.7. The number of alkyl halides is 3. The standard InChI is InChI=1S/C19H25F3N6O2/c1-3-30-15-12(2)26-28(13-5-4-6-13)17(15)25-18-23-11-14(19(20,21)22)16(24-18)27-7-9-29-10-8-27/h11,13H,3-10H2,1-2H3,(H,23,24,25). The van der Waals surface area contributed by atoms with Crippen LogP contribution < -0.4 is 15.0 Å². The zero-order valence-corrected chi connectivity index (χ0v) is 17.0. The molecule has 2 fully saturated rings. The summed E-state index contributed by atoms with van der Waals surface area (Å²) in [6, 6.07) is 0.230. The molecule has 2 aliphatic rings. The van der Waals surface area contributed by atoms with Crippen LogP contribution in [0.2, 0.25) is 0 Å². The number of aryl methyl sites for hydroxylation is 1. The number of nitrogens with one attached hydrogen (secondary N) is 1. The second kappa shape index (κ2) is 8.29. The van der Waals surface area contributed by atoms with Crippen molar-refractivity contribution in [2.45, 2.75) is 45.3 Å². The van der Waals surface area contributed by atoms with Crippen LogP contribution in [0.25, 0.3) is 0 Å². The maximum Gasteiger partial charge on any atom is 0.421 e. The summed E-state index contributed by atoms with van der Waals surface area (Å²) in [5.41, 5.74) is -0.143. The Morgan fingerprint density at radius 2 is 2.00 bits per heavy atom. The molecule has 30 heavy (non-hydrogen) atoms. The number of morpholine rings is 1. The Morgan fingerprint density at radius 3 is 2.60 bits per heavy atom. The molecule has 0 bridgehead atoms. The van der Waals surface area contributed by atoms with Gasteiger partial charge in [-0.25, -0.2) is 9.67 Å². The minimum atomic E-state index is -4.55. The highest BCUT2D eigenvalue weighted by molar-refractivity contribution is 5.62. The van der Waals surface area contributed by atoms with E-state index in [0.717, 1.165) is 25.5 Å². The fourth-order valence-corrected chi connectivity index (χ4v) is 3.61. The Morgan fingerprint density at radius 1 is 1.27 bits per heavy atom. The minimum absolute atomic E-state index is 0.0749. The summed E-state index contributed by atoms with van der Waals surface area (Å²) in [5.74, 6) is 1.08. The van der Waals surface area contributed by atoms with E-state index in [-0.39, 0.29) is 17.8 Å².